The zero-order valence-corrected chi connectivity index (χ0v) is 18.6. The third kappa shape index (κ3) is 6.39. The van der Waals surface area contributed by atoms with Crippen LogP contribution in [0.3, 0.4) is 0 Å². The van der Waals surface area contributed by atoms with E-state index in [4.69, 9.17) is 9.47 Å². The molecule has 2 aromatic rings. The molecule has 1 amide bonds. The van der Waals surface area contributed by atoms with Crippen molar-refractivity contribution in [2.24, 2.45) is 0 Å². The van der Waals surface area contributed by atoms with Gasteiger partial charge in [0.15, 0.2) is 11.5 Å². The topological polar surface area (TPSA) is 84.9 Å². The number of carbonyl (C=O) groups excluding carboxylic acids is 1. The van der Waals surface area contributed by atoms with Crippen molar-refractivity contribution in [2.75, 3.05) is 26.8 Å². The molecule has 0 radical (unpaired) electrons. The van der Waals surface area contributed by atoms with E-state index in [9.17, 15) is 22.0 Å². The molecule has 3 rings (SSSR count). The lowest BCUT2D eigenvalue weighted by atomic mass is 10.1. The fraction of sp³-hybridized carbons (Fsp3) is 0.409. The first kappa shape index (κ1) is 23.9. The van der Waals surface area contributed by atoms with E-state index in [0.717, 1.165) is 12.1 Å². The minimum atomic E-state index is -3.68. The molecule has 1 heterocycles. The van der Waals surface area contributed by atoms with Crippen LogP contribution < -0.4 is 14.2 Å². The first-order valence-electron chi connectivity index (χ1n) is 10.3. The van der Waals surface area contributed by atoms with Gasteiger partial charge in [-0.3, -0.25) is 4.79 Å². The number of fused-ring (bicyclic) bond motifs is 1. The van der Waals surface area contributed by atoms with Crippen molar-refractivity contribution >= 4 is 15.9 Å². The summed E-state index contributed by atoms with van der Waals surface area (Å²) in [5.74, 6) is -0.584. The highest BCUT2D eigenvalue weighted by molar-refractivity contribution is 7.89. The molecule has 174 valence electrons. The molecule has 7 nitrogen and oxygen atoms in total. The maximum absolute atomic E-state index is 13.7. The predicted octanol–water partition coefficient (Wildman–Crippen LogP) is 3.23. The maximum Gasteiger partial charge on any atom is 0.240 e. The van der Waals surface area contributed by atoms with E-state index >= 15 is 0 Å². The zero-order valence-electron chi connectivity index (χ0n) is 17.8. The van der Waals surface area contributed by atoms with Crippen LogP contribution in [0.1, 0.15) is 31.2 Å². The summed E-state index contributed by atoms with van der Waals surface area (Å²) in [5, 5.41) is 0. The lowest BCUT2D eigenvalue weighted by Crippen LogP contribution is -2.27. The molecule has 0 unspecified atom stereocenters. The molecular weight excluding hydrogens is 442 g/mol. The average Bonchev–Trinajstić information content (AvgIpc) is 2.77. The Morgan fingerprint density at radius 1 is 1.03 bits per heavy atom. The SMILES string of the molecule is CN(Cc1ccc(F)cc1F)C(=O)CCCCCNS(=O)(=O)c1ccc2c(c1)OCCO2. The number of carbonyl (C=O) groups is 1. The highest BCUT2D eigenvalue weighted by Gasteiger charge is 2.19. The second-order valence-electron chi connectivity index (χ2n) is 7.50. The van der Waals surface area contributed by atoms with E-state index in [0.29, 0.717) is 44.0 Å². The number of hydrogen-bond donors (Lipinski definition) is 1. The predicted molar refractivity (Wildman–Crippen MR) is 114 cm³/mol. The van der Waals surface area contributed by atoms with Gasteiger partial charge in [0.2, 0.25) is 15.9 Å². The van der Waals surface area contributed by atoms with Gasteiger partial charge in [-0.15, -0.1) is 0 Å². The van der Waals surface area contributed by atoms with Crippen molar-refractivity contribution < 1.29 is 31.5 Å². The molecule has 2 aromatic carbocycles. The minimum Gasteiger partial charge on any atom is -0.486 e. The lowest BCUT2D eigenvalue weighted by Gasteiger charge is -2.19. The molecule has 0 atom stereocenters. The summed E-state index contributed by atoms with van der Waals surface area (Å²) in [7, 11) is -2.11. The van der Waals surface area contributed by atoms with Crippen LogP contribution in [0.25, 0.3) is 0 Å². The van der Waals surface area contributed by atoms with Crippen LogP contribution in [-0.2, 0) is 21.4 Å². The number of halogens is 2. The Bertz CT molecular complexity index is 1060. The molecule has 10 heteroatoms. The molecule has 1 aliphatic heterocycles. The number of sulfonamides is 1. The molecule has 0 saturated carbocycles. The Kier molecular flexibility index (Phi) is 8.03. The fourth-order valence-electron chi connectivity index (χ4n) is 3.24. The van der Waals surface area contributed by atoms with Gasteiger partial charge in [-0.1, -0.05) is 12.5 Å². The Hall–Kier alpha value is -2.72. The summed E-state index contributed by atoms with van der Waals surface area (Å²) < 4.78 is 64.9. The smallest absolute Gasteiger partial charge is 0.240 e. The quantitative estimate of drug-likeness (QED) is 0.541. The number of nitrogens with one attached hydrogen (secondary N) is 1. The lowest BCUT2D eigenvalue weighted by molar-refractivity contribution is -0.130. The first-order chi connectivity index (χ1) is 15.3. The monoisotopic (exact) mass is 468 g/mol. The number of rotatable bonds is 10. The first-order valence-corrected chi connectivity index (χ1v) is 11.8. The summed E-state index contributed by atoms with van der Waals surface area (Å²) in [4.78, 5) is 13.7. The van der Waals surface area contributed by atoms with Gasteiger partial charge in [0.25, 0.3) is 0 Å². The fourth-order valence-corrected chi connectivity index (χ4v) is 4.33. The van der Waals surface area contributed by atoms with Gasteiger partial charge in [0.05, 0.1) is 4.90 Å². The molecule has 0 fully saturated rings. The van der Waals surface area contributed by atoms with Gasteiger partial charge in [-0.05, 0) is 31.0 Å². The Labute approximate surface area is 186 Å². The number of benzene rings is 2. The van der Waals surface area contributed by atoms with E-state index in [-0.39, 0.29) is 35.9 Å². The molecule has 0 aliphatic carbocycles. The summed E-state index contributed by atoms with van der Waals surface area (Å²) in [6.07, 6.45) is 2.04. The van der Waals surface area contributed by atoms with E-state index in [1.165, 1.54) is 23.1 Å². The van der Waals surface area contributed by atoms with Gasteiger partial charge >= 0.3 is 0 Å². The molecule has 1 N–H and O–H groups in total. The summed E-state index contributed by atoms with van der Waals surface area (Å²) >= 11 is 0. The van der Waals surface area contributed by atoms with Gasteiger partial charge < -0.3 is 14.4 Å². The maximum atomic E-state index is 13.7. The molecule has 0 bridgehead atoms. The van der Waals surface area contributed by atoms with Crippen LogP contribution in [0, 0.1) is 11.6 Å². The van der Waals surface area contributed by atoms with Crippen LogP contribution in [0.2, 0.25) is 0 Å². The highest BCUT2D eigenvalue weighted by Crippen LogP contribution is 2.32. The molecule has 0 saturated heterocycles. The largest absolute Gasteiger partial charge is 0.486 e. The van der Waals surface area contributed by atoms with Gasteiger partial charge in [-0.2, -0.15) is 0 Å². The molecule has 32 heavy (non-hydrogen) atoms. The van der Waals surface area contributed by atoms with Crippen molar-refractivity contribution in [1.82, 2.24) is 9.62 Å². The number of hydrogen-bond acceptors (Lipinski definition) is 5. The number of amides is 1. The molecule has 0 spiro atoms. The van der Waals surface area contributed by atoms with E-state index in [1.807, 2.05) is 0 Å². The van der Waals surface area contributed by atoms with Crippen LogP contribution in [0.5, 0.6) is 11.5 Å². The Balaban J connectivity index is 1.37. The second-order valence-corrected chi connectivity index (χ2v) is 9.27. The average molecular weight is 469 g/mol. The van der Waals surface area contributed by atoms with Crippen molar-refractivity contribution in [3.05, 3.63) is 53.6 Å². The standard InChI is InChI=1S/C22H26F2N2O5S/c1-26(15-16-6-7-17(23)13-19(16)24)22(27)5-3-2-4-10-25-32(28,29)18-8-9-20-21(14-18)31-12-11-30-20/h6-9,13-14,25H,2-5,10-12,15H2,1H3. The molecule has 1 aliphatic rings. The van der Waals surface area contributed by atoms with Gasteiger partial charge in [0, 0.05) is 44.3 Å². The van der Waals surface area contributed by atoms with Gasteiger partial charge in [-0.25, -0.2) is 21.9 Å². The van der Waals surface area contributed by atoms with Gasteiger partial charge in [0.1, 0.15) is 24.8 Å². The van der Waals surface area contributed by atoms with Crippen LogP contribution in [-0.4, -0.2) is 46.0 Å². The Morgan fingerprint density at radius 2 is 1.78 bits per heavy atom. The third-order valence-electron chi connectivity index (χ3n) is 5.03. The van der Waals surface area contributed by atoms with Crippen LogP contribution in [0.4, 0.5) is 8.78 Å². The van der Waals surface area contributed by atoms with E-state index < -0.39 is 21.7 Å². The number of nitrogens with zero attached hydrogens (tertiary/aromatic N) is 1. The number of unbranched alkanes of at least 4 members (excludes halogenated alkanes) is 2. The van der Waals surface area contributed by atoms with Crippen LogP contribution >= 0.6 is 0 Å². The van der Waals surface area contributed by atoms with E-state index in [1.54, 1.807) is 13.1 Å². The van der Waals surface area contributed by atoms with Crippen molar-refractivity contribution in [3.8, 4) is 11.5 Å². The third-order valence-corrected chi connectivity index (χ3v) is 6.49. The summed E-state index contributed by atoms with van der Waals surface area (Å²) in [6.45, 7) is 1.09. The molecule has 0 aromatic heterocycles. The second kappa shape index (κ2) is 10.7. The minimum absolute atomic E-state index is 0.0558. The van der Waals surface area contributed by atoms with Crippen LogP contribution in [0.15, 0.2) is 41.3 Å². The highest BCUT2D eigenvalue weighted by atomic mass is 32.2. The number of ether oxygens (including phenoxy) is 2. The summed E-state index contributed by atoms with van der Waals surface area (Å²) in [5.41, 5.74) is 0.246. The van der Waals surface area contributed by atoms with Crippen molar-refractivity contribution in [2.45, 2.75) is 37.1 Å². The summed E-state index contributed by atoms with van der Waals surface area (Å²) in [6, 6.07) is 7.75. The van der Waals surface area contributed by atoms with E-state index in [2.05, 4.69) is 4.72 Å². The van der Waals surface area contributed by atoms with Crippen molar-refractivity contribution in [3.63, 3.8) is 0 Å². The Morgan fingerprint density at radius 3 is 2.53 bits per heavy atom. The van der Waals surface area contributed by atoms with Crippen molar-refractivity contribution in [1.29, 1.82) is 0 Å². The molecular formula is C22H26F2N2O5S. The zero-order chi connectivity index (χ0) is 23.1. The normalized spacial score (nSPS) is 13.1.